The first kappa shape index (κ1) is 7.03. The van der Waals surface area contributed by atoms with Gasteiger partial charge in [-0.15, -0.1) is 0 Å². The highest BCUT2D eigenvalue weighted by molar-refractivity contribution is 4.93. The molecule has 1 rings (SSSR count). The molecule has 0 amide bonds. The van der Waals surface area contributed by atoms with Crippen molar-refractivity contribution in [3.63, 3.8) is 0 Å². The van der Waals surface area contributed by atoms with Crippen molar-refractivity contribution in [2.45, 2.75) is 37.9 Å². The van der Waals surface area contributed by atoms with Crippen LogP contribution < -0.4 is 0 Å². The van der Waals surface area contributed by atoms with Crippen LogP contribution in [0.2, 0.25) is 0 Å². The first-order valence-corrected chi connectivity index (χ1v) is 3.44. The third kappa shape index (κ3) is 0.970. The predicted molar refractivity (Wildman–Crippen MR) is 35.3 cm³/mol. The van der Waals surface area contributed by atoms with Crippen molar-refractivity contribution in [2.24, 2.45) is 0 Å². The van der Waals surface area contributed by atoms with E-state index in [0.717, 1.165) is 12.8 Å². The quantitative estimate of drug-likeness (QED) is 0.602. The minimum absolute atomic E-state index is 0.181. The summed E-state index contributed by atoms with van der Waals surface area (Å²) in [7, 11) is 1.67. The number of aliphatic hydroxyl groups excluding tert-OH is 1. The van der Waals surface area contributed by atoms with Gasteiger partial charge in [-0.3, -0.25) is 0 Å². The Morgan fingerprint density at radius 1 is 1.56 bits per heavy atom. The number of ether oxygens (including phenoxy) is 1. The minimum atomic E-state index is -0.309. The summed E-state index contributed by atoms with van der Waals surface area (Å²) in [6.45, 7) is 1.79. The molecule has 0 spiro atoms. The lowest BCUT2D eigenvalue weighted by Crippen LogP contribution is -2.48. The molecule has 1 atom stereocenters. The van der Waals surface area contributed by atoms with E-state index in [-0.39, 0.29) is 11.7 Å². The van der Waals surface area contributed by atoms with Crippen LogP contribution in [0, 0.1) is 0 Å². The summed E-state index contributed by atoms with van der Waals surface area (Å²) >= 11 is 0. The van der Waals surface area contributed by atoms with E-state index in [0.29, 0.717) is 0 Å². The summed E-state index contributed by atoms with van der Waals surface area (Å²) in [5, 5.41) is 9.20. The molecule has 54 valence electrons. The predicted octanol–water partition coefficient (Wildman–Crippen LogP) is 0.936. The lowest BCUT2D eigenvalue weighted by atomic mass is 9.76. The Kier molecular flexibility index (Phi) is 1.78. The van der Waals surface area contributed by atoms with E-state index in [1.165, 1.54) is 6.42 Å². The monoisotopic (exact) mass is 130 g/mol. The van der Waals surface area contributed by atoms with Gasteiger partial charge in [0, 0.05) is 7.11 Å². The highest BCUT2D eigenvalue weighted by Gasteiger charge is 2.41. The molecule has 1 fully saturated rings. The second-order valence-electron chi connectivity index (χ2n) is 2.80. The fourth-order valence-electron chi connectivity index (χ4n) is 1.32. The lowest BCUT2D eigenvalue weighted by Gasteiger charge is -2.42. The van der Waals surface area contributed by atoms with Crippen LogP contribution in [-0.4, -0.2) is 23.9 Å². The van der Waals surface area contributed by atoms with Crippen molar-refractivity contribution in [1.82, 2.24) is 0 Å². The van der Waals surface area contributed by atoms with Gasteiger partial charge in [-0.1, -0.05) is 0 Å². The molecule has 1 unspecified atom stereocenters. The third-order valence-electron chi connectivity index (χ3n) is 2.37. The van der Waals surface area contributed by atoms with Crippen LogP contribution in [0.4, 0.5) is 0 Å². The first-order chi connectivity index (χ1) is 4.21. The number of rotatable bonds is 2. The van der Waals surface area contributed by atoms with E-state index in [9.17, 15) is 5.11 Å². The maximum atomic E-state index is 9.20. The van der Waals surface area contributed by atoms with E-state index in [2.05, 4.69) is 0 Å². The molecule has 2 nitrogen and oxygen atoms in total. The van der Waals surface area contributed by atoms with Gasteiger partial charge in [-0.05, 0) is 26.2 Å². The van der Waals surface area contributed by atoms with Crippen LogP contribution in [0.15, 0.2) is 0 Å². The van der Waals surface area contributed by atoms with E-state index in [4.69, 9.17) is 4.74 Å². The minimum Gasteiger partial charge on any atom is -0.390 e. The fourth-order valence-corrected chi connectivity index (χ4v) is 1.32. The molecule has 1 aliphatic carbocycles. The number of hydrogen-bond donors (Lipinski definition) is 1. The SMILES string of the molecule is COC1(C(C)O)CCC1. The van der Waals surface area contributed by atoms with E-state index >= 15 is 0 Å². The smallest absolute Gasteiger partial charge is 0.0933 e. The maximum absolute atomic E-state index is 9.20. The summed E-state index contributed by atoms with van der Waals surface area (Å²) in [5.74, 6) is 0. The molecule has 0 aromatic heterocycles. The number of aliphatic hydroxyl groups is 1. The summed E-state index contributed by atoms with van der Waals surface area (Å²) in [6, 6.07) is 0. The average molecular weight is 130 g/mol. The molecule has 0 radical (unpaired) electrons. The van der Waals surface area contributed by atoms with Crippen LogP contribution >= 0.6 is 0 Å². The van der Waals surface area contributed by atoms with Gasteiger partial charge >= 0.3 is 0 Å². The Balaban J connectivity index is 2.46. The number of methoxy groups -OCH3 is 1. The highest BCUT2D eigenvalue weighted by Crippen LogP contribution is 2.37. The lowest BCUT2D eigenvalue weighted by molar-refractivity contribution is -0.142. The van der Waals surface area contributed by atoms with Gasteiger partial charge in [0.2, 0.25) is 0 Å². The second-order valence-corrected chi connectivity index (χ2v) is 2.80. The van der Waals surface area contributed by atoms with Gasteiger partial charge in [-0.2, -0.15) is 0 Å². The van der Waals surface area contributed by atoms with Gasteiger partial charge in [0.1, 0.15) is 0 Å². The zero-order valence-corrected chi connectivity index (χ0v) is 6.05. The molecule has 9 heavy (non-hydrogen) atoms. The average Bonchev–Trinajstić information content (AvgIpc) is 1.62. The van der Waals surface area contributed by atoms with Crippen LogP contribution in [0.3, 0.4) is 0 Å². The van der Waals surface area contributed by atoms with Gasteiger partial charge in [-0.25, -0.2) is 0 Å². The molecule has 1 N–H and O–H groups in total. The van der Waals surface area contributed by atoms with Crippen LogP contribution in [0.25, 0.3) is 0 Å². The van der Waals surface area contributed by atoms with Gasteiger partial charge in [0.15, 0.2) is 0 Å². The van der Waals surface area contributed by atoms with Crippen molar-refractivity contribution in [1.29, 1.82) is 0 Å². The van der Waals surface area contributed by atoms with E-state index in [1.807, 2.05) is 0 Å². The normalized spacial score (nSPS) is 27.0. The van der Waals surface area contributed by atoms with E-state index < -0.39 is 0 Å². The topological polar surface area (TPSA) is 29.5 Å². The van der Waals surface area contributed by atoms with Crippen LogP contribution in [0.5, 0.6) is 0 Å². The molecule has 1 saturated carbocycles. The molecular formula is C7H14O2. The van der Waals surface area contributed by atoms with Crippen molar-refractivity contribution in [3.05, 3.63) is 0 Å². The first-order valence-electron chi connectivity index (χ1n) is 3.44. The molecule has 2 heteroatoms. The molecule has 0 aromatic rings. The van der Waals surface area contributed by atoms with Crippen LogP contribution in [0.1, 0.15) is 26.2 Å². The Hall–Kier alpha value is -0.0800. The van der Waals surface area contributed by atoms with Gasteiger partial charge < -0.3 is 9.84 Å². The standard InChI is InChI=1S/C7H14O2/c1-6(8)7(9-2)4-3-5-7/h6,8H,3-5H2,1-2H3. The Bertz CT molecular complexity index is 89.6. The van der Waals surface area contributed by atoms with Gasteiger partial charge in [0.05, 0.1) is 11.7 Å². The summed E-state index contributed by atoms with van der Waals surface area (Å²) in [4.78, 5) is 0. The second kappa shape index (κ2) is 2.27. The number of hydrogen-bond acceptors (Lipinski definition) is 2. The molecule has 0 saturated heterocycles. The Labute approximate surface area is 55.8 Å². The molecule has 0 aliphatic heterocycles. The van der Waals surface area contributed by atoms with Crippen molar-refractivity contribution in [2.75, 3.05) is 7.11 Å². The molecule has 0 heterocycles. The molecule has 0 aromatic carbocycles. The van der Waals surface area contributed by atoms with Crippen molar-refractivity contribution < 1.29 is 9.84 Å². The van der Waals surface area contributed by atoms with E-state index in [1.54, 1.807) is 14.0 Å². The fraction of sp³-hybridized carbons (Fsp3) is 1.00. The Morgan fingerprint density at radius 2 is 2.11 bits per heavy atom. The molecular weight excluding hydrogens is 116 g/mol. The zero-order valence-electron chi connectivity index (χ0n) is 6.05. The van der Waals surface area contributed by atoms with Crippen molar-refractivity contribution in [3.8, 4) is 0 Å². The maximum Gasteiger partial charge on any atom is 0.0933 e. The molecule has 0 bridgehead atoms. The van der Waals surface area contributed by atoms with Gasteiger partial charge in [0.25, 0.3) is 0 Å². The largest absolute Gasteiger partial charge is 0.390 e. The summed E-state index contributed by atoms with van der Waals surface area (Å²) in [6.07, 6.45) is 2.91. The zero-order chi connectivity index (χ0) is 6.91. The van der Waals surface area contributed by atoms with Crippen LogP contribution in [-0.2, 0) is 4.74 Å². The summed E-state index contributed by atoms with van der Waals surface area (Å²) in [5.41, 5.74) is -0.181. The highest BCUT2D eigenvalue weighted by atomic mass is 16.5. The third-order valence-corrected chi connectivity index (χ3v) is 2.37. The molecule has 1 aliphatic rings. The Morgan fingerprint density at radius 3 is 2.11 bits per heavy atom. The van der Waals surface area contributed by atoms with Crippen molar-refractivity contribution >= 4 is 0 Å². The summed E-state index contributed by atoms with van der Waals surface area (Å²) < 4.78 is 5.19.